The average Bonchev–Trinajstić information content (AvgIpc) is 3.03. The number of anilines is 1. The lowest BCUT2D eigenvalue weighted by atomic mass is 10.1. The Morgan fingerprint density at radius 1 is 1.35 bits per heavy atom. The molecule has 2 atom stereocenters. The van der Waals surface area contributed by atoms with Gasteiger partial charge in [0.1, 0.15) is 11.9 Å². The standard InChI is InChI=1S/C15H19F2N5O/c1-9-14(10(2)23-21-9)8-22-7-11(16)3-13(22)6-20-15-18-4-12(17)5-19-15/h4-5,11,13H,3,6-8H2,1-2H3,(H,18,19,20)/t11-,13-/m0/s1. The van der Waals surface area contributed by atoms with Gasteiger partial charge in [-0.15, -0.1) is 0 Å². The largest absolute Gasteiger partial charge is 0.361 e. The van der Waals surface area contributed by atoms with E-state index in [4.69, 9.17) is 4.52 Å². The van der Waals surface area contributed by atoms with Gasteiger partial charge in [0.2, 0.25) is 5.95 Å². The highest BCUT2D eigenvalue weighted by Crippen LogP contribution is 2.25. The van der Waals surface area contributed by atoms with Crippen LogP contribution in [0.5, 0.6) is 0 Å². The molecule has 0 amide bonds. The van der Waals surface area contributed by atoms with Crippen molar-refractivity contribution >= 4 is 5.95 Å². The van der Waals surface area contributed by atoms with Crippen LogP contribution in [0.25, 0.3) is 0 Å². The Balaban J connectivity index is 1.64. The van der Waals surface area contributed by atoms with Gasteiger partial charge in [0.05, 0.1) is 18.1 Å². The van der Waals surface area contributed by atoms with Crippen molar-refractivity contribution < 1.29 is 13.3 Å². The molecule has 6 nitrogen and oxygen atoms in total. The highest BCUT2D eigenvalue weighted by atomic mass is 19.1. The predicted octanol–water partition coefficient (Wildman–Crippen LogP) is 2.25. The number of nitrogens with zero attached hydrogens (tertiary/aromatic N) is 4. The van der Waals surface area contributed by atoms with Crippen LogP contribution >= 0.6 is 0 Å². The molecular formula is C15H19F2N5O. The maximum Gasteiger partial charge on any atom is 0.222 e. The van der Waals surface area contributed by atoms with Gasteiger partial charge < -0.3 is 9.84 Å². The van der Waals surface area contributed by atoms with E-state index in [9.17, 15) is 8.78 Å². The third kappa shape index (κ3) is 3.64. The Morgan fingerprint density at radius 3 is 2.74 bits per heavy atom. The fourth-order valence-corrected chi connectivity index (χ4v) is 2.87. The molecule has 23 heavy (non-hydrogen) atoms. The van der Waals surface area contributed by atoms with E-state index in [1.807, 2.05) is 13.8 Å². The van der Waals surface area contributed by atoms with Crippen molar-refractivity contribution in [2.24, 2.45) is 0 Å². The van der Waals surface area contributed by atoms with E-state index >= 15 is 0 Å². The van der Waals surface area contributed by atoms with E-state index in [1.54, 1.807) is 0 Å². The Hall–Kier alpha value is -2.09. The zero-order chi connectivity index (χ0) is 16.4. The molecule has 1 aliphatic heterocycles. The lowest BCUT2D eigenvalue weighted by Gasteiger charge is -2.24. The van der Waals surface area contributed by atoms with Crippen LogP contribution in [0.4, 0.5) is 14.7 Å². The molecule has 0 bridgehead atoms. The minimum Gasteiger partial charge on any atom is -0.361 e. The number of hydrogen-bond donors (Lipinski definition) is 1. The van der Waals surface area contributed by atoms with Gasteiger partial charge in [0, 0.05) is 31.2 Å². The average molecular weight is 323 g/mol. The molecule has 0 radical (unpaired) electrons. The van der Waals surface area contributed by atoms with Crippen molar-refractivity contribution in [2.45, 2.75) is 39.0 Å². The van der Waals surface area contributed by atoms with Crippen molar-refractivity contribution in [1.82, 2.24) is 20.0 Å². The minimum absolute atomic E-state index is 0.00681. The SMILES string of the molecule is Cc1noc(C)c1CN1C[C@@H](F)C[C@H]1CNc1ncc(F)cn1. The lowest BCUT2D eigenvalue weighted by Crippen LogP contribution is -2.35. The number of aryl methyl sites for hydroxylation is 2. The molecule has 2 aromatic rings. The molecule has 0 unspecified atom stereocenters. The number of rotatable bonds is 5. The molecule has 1 aliphatic rings. The van der Waals surface area contributed by atoms with Gasteiger partial charge in [-0.2, -0.15) is 0 Å². The molecule has 0 spiro atoms. The molecule has 1 fully saturated rings. The Bertz CT molecular complexity index is 641. The molecule has 0 saturated carbocycles. The zero-order valence-electron chi connectivity index (χ0n) is 13.1. The number of halogens is 2. The topological polar surface area (TPSA) is 67.1 Å². The zero-order valence-corrected chi connectivity index (χ0v) is 13.1. The van der Waals surface area contributed by atoms with Gasteiger partial charge in [-0.1, -0.05) is 5.16 Å². The summed E-state index contributed by atoms with van der Waals surface area (Å²) in [4.78, 5) is 9.77. The molecule has 1 saturated heterocycles. The first-order valence-electron chi connectivity index (χ1n) is 7.54. The summed E-state index contributed by atoms with van der Waals surface area (Å²) in [5.74, 6) is 0.615. The van der Waals surface area contributed by atoms with E-state index in [1.165, 1.54) is 0 Å². The van der Waals surface area contributed by atoms with Gasteiger partial charge in [-0.3, -0.25) is 4.90 Å². The highest BCUT2D eigenvalue weighted by Gasteiger charge is 2.33. The summed E-state index contributed by atoms with van der Waals surface area (Å²) >= 11 is 0. The summed E-state index contributed by atoms with van der Waals surface area (Å²) in [6.07, 6.45) is 1.78. The molecule has 3 rings (SSSR count). The van der Waals surface area contributed by atoms with Crippen LogP contribution in [0.15, 0.2) is 16.9 Å². The lowest BCUT2D eigenvalue weighted by molar-refractivity contribution is 0.239. The minimum atomic E-state index is -0.864. The van der Waals surface area contributed by atoms with Gasteiger partial charge in [0.25, 0.3) is 0 Å². The number of alkyl halides is 1. The van der Waals surface area contributed by atoms with Crippen LogP contribution in [0.3, 0.4) is 0 Å². The summed E-state index contributed by atoms with van der Waals surface area (Å²) in [5, 5.41) is 6.97. The third-order valence-corrected chi connectivity index (χ3v) is 4.14. The van der Waals surface area contributed by atoms with Crippen LogP contribution in [-0.4, -0.2) is 45.3 Å². The summed E-state index contributed by atoms with van der Waals surface area (Å²) in [5.41, 5.74) is 1.83. The maximum atomic E-state index is 13.8. The molecule has 8 heteroatoms. The van der Waals surface area contributed by atoms with E-state index in [2.05, 4.69) is 25.3 Å². The van der Waals surface area contributed by atoms with Gasteiger partial charge in [0.15, 0.2) is 5.82 Å². The predicted molar refractivity (Wildman–Crippen MR) is 80.2 cm³/mol. The normalized spacial score (nSPS) is 21.7. The van der Waals surface area contributed by atoms with Crippen molar-refractivity contribution in [3.63, 3.8) is 0 Å². The summed E-state index contributed by atoms with van der Waals surface area (Å²) in [7, 11) is 0. The quantitative estimate of drug-likeness (QED) is 0.910. The van der Waals surface area contributed by atoms with Crippen LogP contribution in [-0.2, 0) is 6.54 Å². The van der Waals surface area contributed by atoms with E-state index in [0.717, 1.165) is 29.4 Å². The van der Waals surface area contributed by atoms with Crippen molar-refractivity contribution in [1.29, 1.82) is 0 Å². The van der Waals surface area contributed by atoms with E-state index in [-0.39, 0.29) is 6.04 Å². The van der Waals surface area contributed by atoms with Crippen molar-refractivity contribution in [3.8, 4) is 0 Å². The second kappa shape index (κ2) is 6.57. The number of likely N-dealkylation sites (tertiary alicyclic amines) is 1. The van der Waals surface area contributed by atoms with Crippen LogP contribution in [0, 0.1) is 19.7 Å². The molecular weight excluding hydrogens is 304 g/mol. The van der Waals surface area contributed by atoms with E-state index in [0.29, 0.717) is 32.0 Å². The monoisotopic (exact) mass is 323 g/mol. The van der Waals surface area contributed by atoms with Crippen molar-refractivity contribution in [3.05, 3.63) is 35.2 Å². The second-order valence-corrected chi connectivity index (χ2v) is 5.82. The first kappa shape index (κ1) is 15.8. The molecule has 2 aromatic heterocycles. The smallest absolute Gasteiger partial charge is 0.222 e. The Kier molecular flexibility index (Phi) is 4.51. The molecule has 0 aliphatic carbocycles. The molecule has 0 aromatic carbocycles. The fraction of sp³-hybridized carbons (Fsp3) is 0.533. The molecule has 124 valence electrons. The first-order chi connectivity index (χ1) is 11.0. The molecule has 3 heterocycles. The first-order valence-corrected chi connectivity index (χ1v) is 7.54. The van der Waals surface area contributed by atoms with Crippen LogP contribution in [0.2, 0.25) is 0 Å². The van der Waals surface area contributed by atoms with Gasteiger partial charge in [-0.05, 0) is 20.3 Å². The summed E-state index contributed by atoms with van der Waals surface area (Å²) in [6, 6.07) is 0.00681. The third-order valence-electron chi connectivity index (χ3n) is 4.14. The Labute approximate surface area is 132 Å². The summed E-state index contributed by atoms with van der Waals surface area (Å²) in [6.45, 7) is 5.21. The fourth-order valence-electron chi connectivity index (χ4n) is 2.87. The summed E-state index contributed by atoms with van der Waals surface area (Å²) < 4.78 is 31.8. The van der Waals surface area contributed by atoms with E-state index < -0.39 is 12.0 Å². The van der Waals surface area contributed by atoms with Gasteiger partial charge >= 0.3 is 0 Å². The number of aromatic nitrogens is 3. The second-order valence-electron chi connectivity index (χ2n) is 5.82. The maximum absolute atomic E-state index is 13.8. The Morgan fingerprint density at radius 2 is 2.09 bits per heavy atom. The van der Waals surface area contributed by atoms with Crippen LogP contribution < -0.4 is 5.32 Å². The van der Waals surface area contributed by atoms with Gasteiger partial charge in [-0.25, -0.2) is 18.7 Å². The molecule has 1 N–H and O–H groups in total. The number of hydrogen-bond acceptors (Lipinski definition) is 6. The van der Waals surface area contributed by atoms with Crippen LogP contribution in [0.1, 0.15) is 23.4 Å². The van der Waals surface area contributed by atoms with Crippen molar-refractivity contribution in [2.75, 3.05) is 18.4 Å². The number of nitrogens with one attached hydrogen (secondary N) is 1. The highest BCUT2D eigenvalue weighted by molar-refractivity contribution is 5.24.